The summed E-state index contributed by atoms with van der Waals surface area (Å²) in [4.78, 5) is 5.78. The molecule has 0 aliphatic heterocycles. The Balaban J connectivity index is 1.40. The van der Waals surface area contributed by atoms with Crippen LogP contribution in [0, 0.1) is 7.05 Å². The molecule has 9 aromatic rings. The zero-order valence-electron chi connectivity index (χ0n) is 46.1. The van der Waals surface area contributed by atoms with E-state index in [-0.39, 0.29) is 27.4 Å². The SMILES string of the molecule is [2H]C(C)(C)c1cccc(C(C)(C)C)c1-c1ccc(-n2c(-c3cc(C(C)(C)C)cc(C(C)(C)C)c3O)nc3c(-c4cc(-c5cc(-c6ccccc6)cc[n+]5[CH2-])cc(C(C)(C)C)c4)cccc32)c(-c2ccccc2)c1. The maximum atomic E-state index is 12.8. The monoisotopic (exact) mass is 949 g/mol. The van der Waals surface area contributed by atoms with E-state index in [0.29, 0.717) is 11.4 Å². The van der Waals surface area contributed by atoms with E-state index in [1.807, 2.05) is 24.6 Å². The lowest BCUT2D eigenvalue weighted by Gasteiger charge is -2.28. The van der Waals surface area contributed by atoms with Crippen molar-refractivity contribution < 1.29 is 11.0 Å². The highest BCUT2D eigenvalue weighted by Gasteiger charge is 2.31. The van der Waals surface area contributed by atoms with Crippen LogP contribution in [0.3, 0.4) is 0 Å². The lowest BCUT2D eigenvalue weighted by Crippen LogP contribution is -2.28. The first kappa shape index (κ1) is 48.5. The Morgan fingerprint density at radius 1 is 0.514 bits per heavy atom. The van der Waals surface area contributed by atoms with Crippen molar-refractivity contribution in [3.05, 3.63) is 199 Å². The number of hydrogen-bond donors (Lipinski definition) is 1. The third kappa shape index (κ3) is 9.52. The largest absolute Gasteiger partial charge is 0.507 e. The third-order valence-corrected chi connectivity index (χ3v) is 14.3. The number of benzene rings is 7. The van der Waals surface area contributed by atoms with Gasteiger partial charge in [0.05, 0.1) is 28.5 Å². The molecule has 0 radical (unpaired) electrons. The summed E-state index contributed by atoms with van der Waals surface area (Å²) in [6, 6.07) is 56.4. The Morgan fingerprint density at radius 2 is 1.12 bits per heavy atom. The standard InChI is InChI=1S/C68H73N3O/c1-43(2)52-28-22-30-56(67(9,10)11)61(52)47-32-33-58(54(39-47)45-26-20-17-21-27-45)71-59-31-23-29-53(62(59)69-64(71)55-41-51(66(6,7)8)42-57(63(55)72)68(12,13)14)48-36-49(38-50(37-48)65(3,4)5)60-40-46(34-35-70(60)15)44-24-18-16-19-25-44/h16-43,72H,15H2,1-14H3/i43D. The second-order valence-corrected chi connectivity index (χ2v) is 24.1. The molecule has 0 saturated heterocycles. The average molecular weight is 949 g/mol. The number of aromatic nitrogens is 3. The number of imidazole rings is 1. The normalized spacial score (nSPS) is 12.9. The topological polar surface area (TPSA) is 41.9 Å². The van der Waals surface area contributed by atoms with Gasteiger partial charge in [0.2, 0.25) is 0 Å². The number of fused-ring (bicyclic) bond motifs is 1. The lowest BCUT2D eigenvalue weighted by atomic mass is 9.78. The molecule has 9 rings (SSSR count). The molecule has 0 aliphatic carbocycles. The molecule has 0 spiro atoms. The van der Waals surface area contributed by atoms with E-state index in [9.17, 15) is 6.48 Å². The molecule has 0 amide bonds. The quantitative estimate of drug-likeness (QED) is 0.122. The van der Waals surface area contributed by atoms with Crippen LogP contribution in [0.2, 0.25) is 0 Å². The van der Waals surface area contributed by atoms with Crippen molar-refractivity contribution in [2.45, 2.75) is 124 Å². The van der Waals surface area contributed by atoms with Gasteiger partial charge in [0.15, 0.2) is 0 Å². The molecule has 7 aromatic carbocycles. The molecule has 0 atom stereocenters. The number of phenols is 1. The minimum Gasteiger partial charge on any atom is -0.507 e. The fourth-order valence-electron chi connectivity index (χ4n) is 10.2. The molecule has 72 heavy (non-hydrogen) atoms. The van der Waals surface area contributed by atoms with Crippen molar-refractivity contribution in [3.63, 3.8) is 0 Å². The van der Waals surface area contributed by atoms with E-state index in [0.717, 1.165) is 89.2 Å². The second-order valence-electron chi connectivity index (χ2n) is 24.1. The van der Waals surface area contributed by atoms with Gasteiger partial charge < -0.3 is 9.67 Å². The van der Waals surface area contributed by atoms with E-state index in [1.165, 1.54) is 11.1 Å². The summed E-state index contributed by atoms with van der Waals surface area (Å²) in [5.41, 5.74) is 18.3. The number of hydrogen-bond acceptors (Lipinski definition) is 2. The van der Waals surface area contributed by atoms with Crippen LogP contribution in [-0.4, -0.2) is 14.7 Å². The maximum absolute atomic E-state index is 12.8. The minimum atomic E-state index is -0.852. The van der Waals surface area contributed by atoms with Gasteiger partial charge in [-0.05, 0) is 125 Å². The highest BCUT2D eigenvalue weighted by molar-refractivity contribution is 5.98. The molecule has 0 fully saturated rings. The third-order valence-electron chi connectivity index (χ3n) is 14.3. The van der Waals surface area contributed by atoms with Gasteiger partial charge in [-0.25, -0.2) is 4.98 Å². The molecule has 0 aliphatic rings. The average Bonchev–Trinajstić information content (AvgIpc) is 3.72. The van der Waals surface area contributed by atoms with Gasteiger partial charge >= 0.3 is 0 Å². The summed E-state index contributed by atoms with van der Waals surface area (Å²) in [7, 11) is 4.47. The maximum Gasteiger partial charge on any atom is 0.149 e. The predicted octanol–water partition coefficient (Wildman–Crippen LogP) is 18.0. The number of phenolic OH excluding ortho intramolecular Hbond substituents is 1. The van der Waals surface area contributed by atoms with Crippen molar-refractivity contribution in [1.82, 2.24) is 9.55 Å². The van der Waals surface area contributed by atoms with Crippen LogP contribution >= 0.6 is 0 Å². The van der Waals surface area contributed by atoms with Crippen LogP contribution in [0.25, 0.3) is 83.9 Å². The molecule has 4 nitrogen and oxygen atoms in total. The van der Waals surface area contributed by atoms with E-state index < -0.39 is 5.89 Å². The summed E-state index contributed by atoms with van der Waals surface area (Å²) >= 11 is 0. The Morgan fingerprint density at radius 3 is 1.75 bits per heavy atom. The molecule has 1 N–H and O–H groups in total. The minimum absolute atomic E-state index is 0.179. The summed E-state index contributed by atoms with van der Waals surface area (Å²) in [5.74, 6) is 0.0335. The Kier molecular flexibility index (Phi) is 12.4. The van der Waals surface area contributed by atoms with Crippen molar-refractivity contribution in [2.24, 2.45) is 0 Å². The Labute approximate surface area is 431 Å². The first-order valence-electron chi connectivity index (χ1n) is 26.0. The number of aromatic hydroxyl groups is 1. The van der Waals surface area contributed by atoms with Crippen molar-refractivity contribution in [1.29, 1.82) is 0 Å². The second kappa shape index (κ2) is 18.5. The first-order chi connectivity index (χ1) is 34.2. The summed E-state index contributed by atoms with van der Waals surface area (Å²) in [6.07, 6.45) is 2.05. The number of para-hydroxylation sites is 1. The number of rotatable bonds is 8. The van der Waals surface area contributed by atoms with Gasteiger partial charge in [0, 0.05) is 25.1 Å². The van der Waals surface area contributed by atoms with E-state index >= 15 is 0 Å². The fraction of sp³-hybridized carbons (Fsp3) is 0.279. The molecule has 0 unspecified atom stereocenters. The number of pyridine rings is 1. The molecule has 366 valence electrons. The van der Waals surface area contributed by atoms with Crippen LogP contribution in [0.5, 0.6) is 5.75 Å². The van der Waals surface area contributed by atoms with Crippen LogP contribution in [-0.2, 0) is 21.7 Å². The lowest BCUT2D eigenvalue weighted by molar-refractivity contribution is -0.600. The summed E-state index contributed by atoms with van der Waals surface area (Å²) in [6.45, 7) is 30.7. The molecule has 2 heterocycles. The summed E-state index contributed by atoms with van der Waals surface area (Å²) in [5, 5.41) is 12.8. The summed E-state index contributed by atoms with van der Waals surface area (Å²) < 4.78 is 13.7. The van der Waals surface area contributed by atoms with Crippen LogP contribution in [0.4, 0.5) is 0 Å². The molecular weight excluding hydrogens is 875 g/mol. The van der Waals surface area contributed by atoms with Crippen molar-refractivity contribution in [2.75, 3.05) is 0 Å². The van der Waals surface area contributed by atoms with Crippen LogP contribution in [0.15, 0.2) is 164 Å². The highest BCUT2D eigenvalue weighted by Crippen LogP contribution is 2.47. The van der Waals surface area contributed by atoms with Gasteiger partial charge in [-0.3, -0.25) is 4.57 Å². The zero-order valence-corrected chi connectivity index (χ0v) is 45.1. The molecule has 2 aromatic heterocycles. The molecular formula is C68H73N3O. The first-order valence-corrected chi connectivity index (χ1v) is 25.5. The van der Waals surface area contributed by atoms with Gasteiger partial charge in [-0.1, -0.05) is 218 Å². The predicted molar refractivity (Wildman–Crippen MR) is 305 cm³/mol. The van der Waals surface area contributed by atoms with Crippen LogP contribution in [0.1, 0.15) is 132 Å². The van der Waals surface area contributed by atoms with Gasteiger partial charge in [-0.15, -0.1) is 0 Å². The smallest absolute Gasteiger partial charge is 0.149 e. The van der Waals surface area contributed by atoms with Gasteiger partial charge in [0.1, 0.15) is 17.3 Å². The highest BCUT2D eigenvalue weighted by atomic mass is 16.3. The van der Waals surface area contributed by atoms with Crippen LogP contribution < -0.4 is 4.57 Å². The van der Waals surface area contributed by atoms with Crippen molar-refractivity contribution in [3.8, 4) is 78.6 Å². The Bertz CT molecular complexity index is 3500. The van der Waals surface area contributed by atoms with Gasteiger partial charge in [0.25, 0.3) is 0 Å². The zero-order chi connectivity index (χ0) is 52.6. The Hall–Kier alpha value is -7.17. The van der Waals surface area contributed by atoms with E-state index in [2.05, 4.69) is 252 Å². The van der Waals surface area contributed by atoms with Crippen molar-refractivity contribution >= 4 is 11.0 Å². The molecule has 4 heteroatoms. The fourth-order valence-corrected chi connectivity index (χ4v) is 10.2. The van der Waals surface area contributed by atoms with Gasteiger partial charge in [-0.2, -0.15) is 0 Å². The molecule has 0 saturated carbocycles. The molecule has 0 bridgehead atoms. The van der Waals surface area contributed by atoms with E-state index in [1.54, 1.807) is 0 Å². The van der Waals surface area contributed by atoms with E-state index in [4.69, 9.17) is 4.98 Å². The number of nitrogens with zero attached hydrogens (tertiary/aromatic N) is 3.